The van der Waals surface area contributed by atoms with Crippen LogP contribution in [-0.4, -0.2) is 34.1 Å². The zero-order valence-electron chi connectivity index (χ0n) is 10.9. The zero-order valence-corrected chi connectivity index (χ0v) is 10.9. The van der Waals surface area contributed by atoms with Crippen LogP contribution < -0.4 is 4.90 Å². The molecule has 0 amide bonds. The van der Waals surface area contributed by atoms with Crippen molar-refractivity contribution in [1.29, 1.82) is 0 Å². The highest BCUT2D eigenvalue weighted by Crippen LogP contribution is 2.37. The van der Waals surface area contributed by atoms with E-state index in [0.717, 1.165) is 32.4 Å². The van der Waals surface area contributed by atoms with Gasteiger partial charge in [0.05, 0.1) is 5.56 Å². The van der Waals surface area contributed by atoms with E-state index in [-0.39, 0.29) is 5.56 Å². The van der Waals surface area contributed by atoms with Crippen molar-refractivity contribution >= 4 is 11.9 Å². The highest BCUT2D eigenvalue weighted by Gasteiger charge is 2.35. The number of carboxylic acids is 1. The van der Waals surface area contributed by atoms with Crippen molar-refractivity contribution in [3.05, 3.63) is 18.0 Å². The minimum absolute atomic E-state index is 0.134. The predicted octanol–water partition coefficient (Wildman–Crippen LogP) is 2.19. The van der Waals surface area contributed by atoms with Gasteiger partial charge in [0.1, 0.15) is 0 Å². The molecule has 98 valence electrons. The molecule has 0 unspecified atom stereocenters. The zero-order chi connectivity index (χ0) is 13.2. The Hall–Kier alpha value is -1.65. The standard InChI is InChI=1S/C13H19N3O2/c1-3-13(4-2)5-6-16(9-13)12-14-7-10(8-15-12)11(17)18/h7-8H,3-6,9H2,1-2H3,(H,17,18). The molecule has 18 heavy (non-hydrogen) atoms. The first-order valence-electron chi connectivity index (χ1n) is 6.40. The summed E-state index contributed by atoms with van der Waals surface area (Å²) in [5.74, 6) is -0.344. The van der Waals surface area contributed by atoms with E-state index in [1.54, 1.807) is 0 Å². The topological polar surface area (TPSA) is 66.3 Å². The number of hydrogen-bond donors (Lipinski definition) is 1. The molecule has 0 bridgehead atoms. The van der Waals surface area contributed by atoms with Crippen molar-refractivity contribution in [2.24, 2.45) is 5.41 Å². The fraction of sp³-hybridized carbons (Fsp3) is 0.615. The Bertz CT molecular complexity index is 426. The quantitative estimate of drug-likeness (QED) is 0.886. The highest BCUT2D eigenvalue weighted by molar-refractivity contribution is 5.86. The molecule has 1 aliphatic heterocycles. The van der Waals surface area contributed by atoms with Crippen LogP contribution in [0.4, 0.5) is 5.95 Å². The van der Waals surface area contributed by atoms with Crippen molar-refractivity contribution in [2.75, 3.05) is 18.0 Å². The first kappa shape index (κ1) is 12.8. The molecule has 1 fully saturated rings. The Kier molecular flexibility index (Phi) is 3.50. The Morgan fingerprint density at radius 2 is 2.00 bits per heavy atom. The molecule has 1 N–H and O–H groups in total. The lowest BCUT2D eigenvalue weighted by Gasteiger charge is -2.26. The lowest BCUT2D eigenvalue weighted by atomic mass is 9.82. The van der Waals surface area contributed by atoms with Crippen LogP contribution in [0.15, 0.2) is 12.4 Å². The van der Waals surface area contributed by atoms with Gasteiger partial charge in [0.15, 0.2) is 0 Å². The van der Waals surface area contributed by atoms with Crippen LogP contribution in [-0.2, 0) is 0 Å². The van der Waals surface area contributed by atoms with E-state index in [1.807, 2.05) is 0 Å². The summed E-state index contributed by atoms with van der Waals surface area (Å²) < 4.78 is 0. The predicted molar refractivity (Wildman–Crippen MR) is 68.8 cm³/mol. The van der Waals surface area contributed by atoms with Gasteiger partial charge in [-0.15, -0.1) is 0 Å². The SMILES string of the molecule is CCC1(CC)CCN(c2ncc(C(=O)O)cn2)C1. The van der Waals surface area contributed by atoms with E-state index >= 15 is 0 Å². The van der Waals surface area contributed by atoms with E-state index in [0.29, 0.717) is 11.4 Å². The second-order valence-corrected chi connectivity index (χ2v) is 4.96. The van der Waals surface area contributed by atoms with Crippen molar-refractivity contribution in [1.82, 2.24) is 9.97 Å². The van der Waals surface area contributed by atoms with E-state index in [1.165, 1.54) is 12.4 Å². The maximum absolute atomic E-state index is 10.7. The van der Waals surface area contributed by atoms with Crippen LogP contribution in [0.3, 0.4) is 0 Å². The molecule has 1 aliphatic rings. The third-order valence-electron chi connectivity index (χ3n) is 4.11. The molecule has 1 aromatic rings. The Morgan fingerprint density at radius 3 is 2.44 bits per heavy atom. The molecular formula is C13H19N3O2. The molecule has 5 heteroatoms. The third kappa shape index (κ3) is 2.30. The average Bonchev–Trinajstić information content (AvgIpc) is 2.84. The van der Waals surface area contributed by atoms with Crippen molar-refractivity contribution in [3.63, 3.8) is 0 Å². The second kappa shape index (κ2) is 4.92. The number of carboxylic acid groups (broad SMARTS) is 1. The van der Waals surface area contributed by atoms with Crippen molar-refractivity contribution in [3.8, 4) is 0 Å². The molecule has 5 nitrogen and oxygen atoms in total. The van der Waals surface area contributed by atoms with Gasteiger partial charge in [-0.2, -0.15) is 0 Å². The summed E-state index contributed by atoms with van der Waals surface area (Å²) in [4.78, 5) is 21.2. The summed E-state index contributed by atoms with van der Waals surface area (Å²) in [6.45, 7) is 6.36. The van der Waals surface area contributed by atoms with Crippen LogP contribution >= 0.6 is 0 Å². The number of anilines is 1. The maximum Gasteiger partial charge on any atom is 0.338 e. The van der Waals surface area contributed by atoms with E-state index in [4.69, 9.17) is 5.11 Å². The molecule has 1 saturated heterocycles. The van der Waals surface area contributed by atoms with Gasteiger partial charge in [0.2, 0.25) is 5.95 Å². The molecule has 2 rings (SSSR count). The fourth-order valence-corrected chi connectivity index (χ4v) is 2.53. The Morgan fingerprint density at radius 1 is 1.39 bits per heavy atom. The average molecular weight is 249 g/mol. The molecule has 0 atom stereocenters. The fourth-order valence-electron chi connectivity index (χ4n) is 2.53. The largest absolute Gasteiger partial charge is 0.478 e. The first-order valence-corrected chi connectivity index (χ1v) is 6.40. The van der Waals surface area contributed by atoms with Crippen molar-refractivity contribution < 1.29 is 9.90 Å². The van der Waals surface area contributed by atoms with Gasteiger partial charge in [-0.05, 0) is 24.7 Å². The second-order valence-electron chi connectivity index (χ2n) is 4.96. The van der Waals surface area contributed by atoms with Gasteiger partial charge in [-0.1, -0.05) is 13.8 Å². The third-order valence-corrected chi connectivity index (χ3v) is 4.11. The van der Waals surface area contributed by atoms with Gasteiger partial charge in [-0.25, -0.2) is 14.8 Å². The lowest BCUT2D eigenvalue weighted by molar-refractivity contribution is 0.0696. The van der Waals surface area contributed by atoms with E-state index < -0.39 is 5.97 Å². The van der Waals surface area contributed by atoms with Crippen LogP contribution in [0.25, 0.3) is 0 Å². The van der Waals surface area contributed by atoms with Crippen LogP contribution in [0, 0.1) is 5.41 Å². The van der Waals surface area contributed by atoms with E-state index in [2.05, 4.69) is 28.7 Å². The van der Waals surface area contributed by atoms with Gasteiger partial charge >= 0.3 is 5.97 Å². The monoisotopic (exact) mass is 249 g/mol. The molecule has 0 aliphatic carbocycles. The van der Waals surface area contributed by atoms with Gasteiger partial charge in [-0.3, -0.25) is 0 Å². The van der Waals surface area contributed by atoms with E-state index in [9.17, 15) is 4.79 Å². The number of rotatable bonds is 4. The Balaban J connectivity index is 2.12. The summed E-state index contributed by atoms with van der Waals surface area (Å²) in [6.07, 6.45) is 6.23. The molecular weight excluding hydrogens is 230 g/mol. The molecule has 0 saturated carbocycles. The Labute approximate surface area is 107 Å². The first-order chi connectivity index (χ1) is 8.60. The van der Waals surface area contributed by atoms with Crippen LogP contribution in [0.1, 0.15) is 43.5 Å². The molecule has 0 radical (unpaired) electrons. The minimum Gasteiger partial charge on any atom is -0.478 e. The van der Waals surface area contributed by atoms with Gasteiger partial charge in [0.25, 0.3) is 0 Å². The normalized spacial score (nSPS) is 18.0. The molecule has 1 aromatic heterocycles. The highest BCUT2D eigenvalue weighted by atomic mass is 16.4. The van der Waals surface area contributed by atoms with Crippen LogP contribution in [0.5, 0.6) is 0 Å². The summed E-state index contributed by atoms with van der Waals surface area (Å²) in [5.41, 5.74) is 0.504. The number of carbonyl (C=O) groups is 1. The summed E-state index contributed by atoms with van der Waals surface area (Å²) in [5, 5.41) is 8.81. The molecule has 0 aromatic carbocycles. The molecule has 0 spiro atoms. The summed E-state index contributed by atoms with van der Waals surface area (Å²) in [7, 11) is 0. The summed E-state index contributed by atoms with van der Waals surface area (Å²) in [6, 6.07) is 0. The smallest absolute Gasteiger partial charge is 0.338 e. The number of aromatic nitrogens is 2. The number of hydrogen-bond acceptors (Lipinski definition) is 4. The van der Waals surface area contributed by atoms with Gasteiger partial charge in [0, 0.05) is 25.5 Å². The number of aromatic carboxylic acids is 1. The minimum atomic E-state index is -0.987. The van der Waals surface area contributed by atoms with Gasteiger partial charge < -0.3 is 10.0 Å². The van der Waals surface area contributed by atoms with Crippen molar-refractivity contribution in [2.45, 2.75) is 33.1 Å². The lowest BCUT2D eigenvalue weighted by Crippen LogP contribution is -2.27. The number of nitrogens with zero attached hydrogens (tertiary/aromatic N) is 3. The molecule has 2 heterocycles. The maximum atomic E-state index is 10.7. The summed E-state index contributed by atoms with van der Waals surface area (Å²) >= 11 is 0. The van der Waals surface area contributed by atoms with Crippen LogP contribution in [0.2, 0.25) is 0 Å².